The van der Waals surface area contributed by atoms with E-state index in [2.05, 4.69) is 9.97 Å². The van der Waals surface area contributed by atoms with Crippen LogP contribution in [-0.2, 0) is 9.53 Å². The van der Waals surface area contributed by atoms with Crippen LogP contribution in [-0.4, -0.2) is 41.4 Å². The van der Waals surface area contributed by atoms with Gasteiger partial charge in [0.25, 0.3) is 0 Å². The van der Waals surface area contributed by atoms with Crippen LogP contribution in [0.4, 0.5) is 5.95 Å². The van der Waals surface area contributed by atoms with Crippen molar-refractivity contribution in [1.29, 1.82) is 0 Å². The minimum atomic E-state index is -0.396. The van der Waals surface area contributed by atoms with E-state index in [9.17, 15) is 9.59 Å². The Labute approximate surface area is 124 Å². The third-order valence-electron chi connectivity index (χ3n) is 3.84. The van der Waals surface area contributed by atoms with Gasteiger partial charge in [0.05, 0.1) is 17.9 Å². The van der Waals surface area contributed by atoms with Gasteiger partial charge in [-0.2, -0.15) is 0 Å². The van der Waals surface area contributed by atoms with Crippen LogP contribution in [0, 0.1) is 6.92 Å². The molecule has 0 spiro atoms. The predicted molar refractivity (Wildman–Crippen MR) is 78.4 cm³/mol. The second kappa shape index (κ2) is 6.65. The van der Waals surface area contributed by atoms with E-state index < -0.39 is 5.97 Å². The third-order valence-corrected chi connectivity index (χ3v) is 3.84. The van der Waals surface area contributed by atoms with Gasteiger partial charge in [-0.05, 0) is 26.7 Å². The van der Waals surface area contributed by atoms with Gasteiger partial charge >= 0.3 is 5.97 Å². The monoisotopic (exact) mass is 291 g/mol. The van der Waals surface area contributed by atoms with Crippen molar-refractivity contribution in [3.05, 3.63) is 17.5 Å². The molecule has 1 saturated carbocycles. The molecule has 1 fully saturated rings. The zero-order valence-electron chi connectivity index (χ0n) is 12.8. The molecule has 0 unspecified atom stereocenters. The van der Waals surface area contributed by atoms with E-state index in [1.54, 1.807) is 13.8 Å². The Morgan fingerprint density at radius 3 is 2.67 bits per heavy atom. The molecule has 0 amide bonds. The molecule has 2 rings (SSSR count). The summed E-state index contributed by atoms with van der Waals surface area (Å²) in [5.41, 5.74) is 1.00. The third kappa shape index (κ3) is 3.56. The van der Waals surface area contributed by atoms with Crippen molar-refractivity contribution in [1.82, 2.24) is 9.97 Å². The molecule has 0 aliphatic heterocycles. The molecule has 1 aliphatic carbocycles. The molecule has 1 aromatic rings. The van der Waals surface area contributed by atoms with Crippen molar-refractivity contribution in [2.24, 2.45) is 0 Å². The van der Waals surface area contributed by atoms with Crippen LogP contribution < -0.4 is 4.90 Å². The van der Waals surface area contributed by atoms with Gasteiger partial charge in [0.1, 0.15) is 5.78 Å². The fourth-order valence-corrected chi connectivity index (χ4v) is 2.51. The maximum Gasteiger partial charge on any atom is 0.341 e. The average molecular weight is 291 g/mol. The Morgan fingerprint density at radius 2 is 2.10 bits per heavy atom. The van der Waals surface area contributed by atoms with Gasteiger partial charge in [-0.3, -0.25) is 4.79 Å². The second-order valence-corrected chi connectivity index (χ2v) is 5.27. The smallest absolute Gasteiger partial charge is 0.341 e. The van der Waals surface area contributed by atoms with Crippen molar-refractivity contribution in [3.63, 3.8) is 0 Å². The largest absolute Gasteiger partial charge is 0.462 e. The van der Waals surface area contributed by atoms with Gasteiger partial charge < -0.3 is 9.64 Å². The lowest BCUT2D eigenvalue weighted by molar-refractivity contribution is -0.120. The van der Waals surface area contributed by atoms with Crippen molar-refractivity contribution < 1.29 is 14.3 Å². The summed E-state index contributed by atoms with van der Waals surface area (Å²) in [7, 11) is 1.93. The number of nitrogens with zero attached hydrogens (tertiary/aromatic N) is 3. The Morgan fingerprint density at radius 1 is 1.43 bits per heavy atom. The highest BCUT2D eigenvalue weighted by molar-refractivity contribution is 5.90. The van der Waals surface area contributed by atoms with Gasteiger partial charge in [0.15, 0.2) is 0 Å². The minimum Gasteiger partial charge on any atom is -0.462 e. The van der Waals surface area contributed by atoms with Crippen LogP contribution in [0.15, 0.2) is 6.20 Å². The summed E-state index contributed by atoms with van der Waals surface area (Å²) < 4.78 is 4.97. The summed E-state index contributed by atoms with van der Waals surface area (Å²) in [4.78, 5) is 33.7. The Kier molecular flexibility index (Phi) is 4.88. The number of aromatic nitrogens is 2. The average Bonchev–Trinajstić information content (AvgIpc) is 2.47. The SMILES string of the molecule is CCOC(=O)c1cnc(N(C)C2CCC(=O)CC2)nc1C. The molecule has 1 aromatic heterocycles. The molecule has 0 atom stereocenters. The summed E-state index contributed by atoms with van der Waals surface area (Å²) in [5, 5.41) is 0. The Bertz CT molecular complexity index is 535. The van der Waals surface area contributed by atoms with Gasteiger partial charge in [0, 0.05) is 32.1 Å². The van der Waals surface area contributed by atoms with Crippen molar-refractivity contribution >= 4 is 17.7 Å². The number of carbonyl (C=O) groups is 2. The molecular weight excluding hydrogens is 270 g/mol. The zero-order chi connectivity index (χ0) is 15.4. The van der Waals surface area contributed by atoms with Crippen molar-refractivity contribution in [2.75, 3.05) is 18.6 Å². The first-order valence-electron chi connectivity index (χ1n) is 7.28. The highest BCUT2D eigenvalue weighted by Gasteiger charge is 2.24. The first kappa shape index (κ1) is 15.4. The highest BCUT2D eigenvalue weighted by Crippen LogP contribution is 2.23. The molecule has 21 heavy (non-hydrogen) atoms. The quantitative estimate of drug-likeness (QED) is 0.789. The van der Waals surface area contributed by atoms with E-state index in [1.165, 1.54) is 6.20 Å². The lowest BCUT2D eigenvalue weighted by Crippen LogP contribution is -2.36. The van der Waals surface area contributed by atoms with E-state index in [1.807, 2.05) is 11.9 Å². The lowest BCUT2D eigenvalue weighted by atomic mass is 9.93. The highest BCUT2D eigenvalue weighted by atomic mass is 16.5. The fourth-order valence-electron chi connectivity index (χ4n) is 2.51. The standard InChI is InChI=1S/C15H21N3O3/c1-4-21-14(20)13-9-16-15(17-10(13)2)18(3)11-5-7-12(19)8-6-11/h9,11H,4-8H2,1-3H3. The number of ketones is 1. The van der Waals surface area contributed by atoms with Crippen LogP contribution in [0.1, 0.15) is 48.7 Å². The molecule has 0 aromatic carbocycles. The number of rotatable bonds is 4. The van der Waals surface area contributed by atoms with Crippen LogP contribution in [0.3, 0.4) is 0 Å². The van der Waals surface area contributed by atoms with Crippen molar-refractivity contribution in [2.45, 2.75) is 45.6 Å². The first-order chi connectivity index (χ1) is 10.0. The molecule has 1 heterocycles. The van der Waals surface area contributed by atoms with Crippen LogP contribution in [0.5, 0.6) is 0 Å². The summed E-state index contributed by atoms with van der Waals surface area (Å²) in [6.45, 7) is 3.87. The van der Waals surface area contributed by atoms with Crippen LogP contribution >= 0.6 is 0 Å². The number of anilines is 1. The molecule has 0 N–H and O–H groups in total. The molecule has 1 aliphatic rings. The molecule has 114 valence electrons. The second-order valence-electron chi connectivity index (χ2n) is 5.27. The molecule has 6 heteroatoms. The number of aryl methyl sites for hydroxylation is 1. The van der Waals surface area contributed by atoms with Crippen molar-refractivity contribution in [3.8, 4) is 0 Å². The number of esters is 1. The number of ether oxygens (including phenoxy) is 1. The molecule has 0 saturated heterocycles. The van der Waals surface area contributed by atoms with E-state index in [-0.39, 0.29) is 6.04 Å². The molecular formula is C15H21N3O3. The number of hydrogen-bond acceptors (Lipinski definition) is 6. The Hall–Kier alpha value is -1.98. The summed E-state index contributed by atoms with van der Waals surface area (Å²) in [6, 6.07) is 0.274. The normalized spacial score (nSPS) is 15.9. The van der Waals surface area contributed by atoms with Gasteiger partial charge in [-0.1, -0.05) is 0 Å². The predicted octanol–water partition coefficient (Wildman–Crippen LogP) is 1.91. The maximum absolute atomic E-state index is 11.7. The summed E-state index contributed by atoms with van der Waals surface area (Å²) in [5.74, 6) is 0.516. The fraction of sp³-hybridized carbons (Fsp3) is 0.600. The number of carbonyl (C=O) groups excluding carboxylic acids is 2. The Balaban J connectivity index is 2.12. The van der Waals surface area contributed by atoms with Gasteiger partial charge in [0.2, 0.25) is 5.95 Å². The zero-order valence-corrected chi connectivity index (χ0v) is 12.8. The summed E-state index contributed by atoms with van der Waals surface area (Å²) >= 11 is 0. The lowest BCUT2D eigenvalue weighted by Gasteiger charge is -2.30. The summed E-state index contributed by atoms with van der Waals surface area (Å²) in [6.07, 6.45) is 4.42. The topological polar surface area (TPSA) is 72.4 Å². The minimum absolute atomic E-state index is 0.274. The van der Waals surface area contributed by atoms with Gasteiger partial charge in [-0.15, -0.1) is 0 Å². The van der Waals surface area contributed by atoms with E-state index in [0.29, 0.717) is 42.4 Å². The number of hydrogen-bond donors (Lipinski definition) is 0. The first-order valence-corrected chi connectivity index (χ1v) is 7.28. The van der Waals surface area contributed by atoms with E-state index in [0.717, 1.165) is 12.8 Å². The van der Waals surface area contributed by atoms with Gasteiger partial charge in [-0.25, -0.2) is 14.8 Å². The van der Waals surface area contributed by atoms with Crippen LogP contribution in [0.2, 0.25) is 0 Å². The molecule has 0 radical (unpaired) electrons. The van der Waals surface area contributed by atoms with E-state index >= 15 is 0 Å². The van der Waals surface area contributed by atoms with E-state index in [4.69, 9.17) is 4.74 Å². The number of Topliss-reactive ketones (excluding diaryl/α,β-unsaturated/α-hetero) is 1. The molecule has 6 nitrogen and oxygen atoms in total. The van der Waals surface area contributed by atoms with Crippen LogP contribution in [0.25, 0.3) is 0 Å². The maximum atomic E-state index is 11.7. The molecule has 0 bridgehead atoms.